The first-order valence-corrected chi connectivity index (χ1v) is 11.9. The SMILES string of the molecule is CCCCCCCCCCCOc1ccc(-c2ncc(OC(=O)C(C)CC)cn2)cc1. The van der Waals surface area contributed by atoms with Crippen LogP contribution in [0.15, 0.2) is 36.7 Å². The topological polar surface area (TPSA) is 61.3 Å². The van der Waals surface area contributed by atoms with Crippen LogP contribution in [0.4, 0.5) is 0 Å². The summed E-state index contributed by atoms with van der Waals surface area (Å²) in [5.41, 5.74) is 0.898. The summed E-state index contributed by atoms with van der Waals surface area (Å²) in [7, 11) is 0. The van der Waals surface area contributed by atoms with E-state index in [9.17, 15) is 4.79 Å². The normalized spacial score (nSPS) is 11.8. The van der Waals surface area contributed by atoms with Crippen molar-refractivity contribution in [1.82, 2.24) is 9.97 Å². The highest BCUT2D eigenvalue weighted by molar-refractivity contribution is 5.74. The molecular weight excluding hydrogens is 388 g/mol. The number of unbranched alkanes of at least 4 members (excludes halogenated alkanes) is 8. The van der Waals surface area contributed by atoms with E-state index in [0.717, 1.165) is 30.8 Å². The molecule has 1 aromatic heterocycles. The highest BCUT2D eigenvalue weighted by Gasteiger charge is 2.13. The average molecular weight is 427 g/mol. The predicted octanol–water partition coefficient (Wildman–Crippen LogP) is 7.00. The molecule has 1 atom stereocenters. The van der Waals surface area contributed by atoms with Crippen LogP contribution in [-0.4, -0.2) is 22.5 Å². The molecule has 1 aromatic carbocycles. The van der Waals surface area contributed by atoms with Gasteiger partial charge in [0.15, 0.2) is 11.6 Å². The third-order valence-electron chi connectivity index (χ3n) is 5.49. The van der Waals surface area contributed by atoms with Crippen molar-refractivity contribution in [3.8, 4) is 22.9 Å². The van der Waals surface area contributed by atoms with E-state index in [0.29, 0.717) is 11.6 Å². The van der Waals surface area contributed by atoms with Crippen LogP contribution >= 0.6 is 0 Å². The molecule has 0 saturated carbocycles. The lowest BCUT2D eigenvalue weighted by Gasteiger charge is -2.09. The summed E-state index contributed by atoms with van der Waals surface area (Å²) in [6.07, 6.45) is 15.6. The van der Waals surface area contributed by atoms with Gasteiger partial charge in [-0.25, -0.2) is 9.97 Å². The Balaban J connectivity index is 1.68. The zero-order chi connectivity index (χ0) is 22.3. The van der Waals surface area contributed by atoms with Gasteiger partial charge in [0.1, 0.15) is 5.75 Å². The van der Waals surface area contributed by atoms with Crippen LogP contribution in [0, 0.1) is 5.92 Å². The minimum atomic E-state index is -0.257. The number of ether oxygens (including phenoxy) is 2. The number of benzene rings is 1. The van der Waals surface area contributed by atoms with Crippen LogP contribution in [0.3, 0.4) is 0 Å². The molecule has 0 saturated heterocycles. The van der Waals surface area contributed by atoms with Gasteiger partial charge >= 0.3 is 5.97 Å². The molecule has 170 valence electrons. The van der Waals surface area contributed by atoms with Gasteiger partial charge in [0, 0.05) is 5.56 Å². The average Bonchev–Trinajstić information content (AvgIpc) is 2.80. The molecule has 1 heterocycles. The van der Waals surface area contributed by atoms with Crippen molar-refractivity contribution in [2.24, 2.45) is 5.92 Å². The highest BCUT2D eigenvalue weighted by Crippen LogP contribution is 2.21. The Kier molecular flexibility index (Phi) is 11.7. The lowest BCUT2D eigenvalue weighted by atomic mass is 10.1. The molecule has 0 N–H and O–H groups in total. The number of carbonyl (C=O) groups is 1. The molecule has 0 amide bonds. The lowest BCUT2D eigenvalue weighted by molar-refractivity contribution is -0.138. The molecule has 0 spiro atoms. The minimum absolute atomic E-state index is 0.136. The Bertz CT molecular complexity index is 744. The van der Waals surface area contributed by atoms with Gasteiger partial charge in [-0.1, -0.05) is 72.1 Å². The largest absolute Gasteiger partial charge is 0.494 e. The summed E-state index contributed by atoms with van der Waals surface area (Å²) in [6.45, 7) is 6.81. The van der Waals surface area contributed by atoms with Gasteiger partial charge < -0.3 is 9.47 Å². The molecule has 0 aliphatic heterocycles. The smallest absolute Gasteiger partial charge is 0.314 e. The lowest BCUT2D eigenvalue weighted by Crippen LogP contribution is -2.17. The maximum atomic E-state index is 11.9. The van der Waals surface area contributed by atoms with E-state index in [-0.39, 0.29) is 11.9 Å². The highest BCUT2D eigenvalue weighted by atomic mass is 16.5. The number of carbonyl (C=O) groups excluding carboxylic acids is 1. The third-order valence-corrected chi connectivity index (χ3v) is 5.49. The fourth-order valence-corrected chi connectivity index (χ4v) is 3.20. The molecule has 2 aromatic rings. The molecule has 0 bridgehead atoms. The van der Waals surface area contributed by atoms with Crippen molar-refractivity contribution in [3.05, 3.63) is 36.7 Å². The summed E-state index contributed by atoms with van der Waals surface area (Å²) in [5.74, 6) is 1.43. The van der Waals surface area contributed by atoms with E-state index in [1.807, 2.05) is 38.1 Å². The van der Waals surface area contributed by atoms with E-state index in [1.54, 1.807) is 0 Å². The second-order valence-electron chi connectivity index (χ2n) is 8.17. The Morgan fingerprint density at radius 2 is 1.42 bits per heavy atom. The van der Waals surface area contributed by atoms with Crippen LogP contribution in [-0.2, 0) is 4.79 Å². The predicted molar refractivity (Wildman–Crippen MR) is 125 cm³/mol. The molecule has 5 nitrogen and oxygen atoms in total. The first kappa shape index (κ1) is 24.8. The third kappa shape index (κ3) is 9.50. The van der Waals surface area contributed by atoms with Crippen molar-refractivity contribution < 1.29 is 14.3 Å². The van der Waals surface area contributed by atoms with Gasteiger partial charge in [0.25, 0.3) is 0 Å². The first-order valence-electron chi connectivity index (χ1n) is 11.9. The molecule has 31 heavy (non-hydrogen) atoms. The minimum Gasteiger partial charge on any atom is -0.494 e. The van der Waals surface area contributed by atoms with E-state index in [1.165, 1.54) is 63.8 Å². The summed E-state index contributed by atoms with van der Waals surface area (Å²) in [4.78, 5) is 20.5. The van der Waals surface area contributed by atoms with Gasteiger partial charge in [-0.3, -0.25) is 4.79 Å². The van der Waals surface area contributed by atoms with Gasteiger partial charge in [-0.15, -0.1) is 0 Å². The summed E-state index contributed by atoms with van der Waals surface area (Å²) in [5, 5.41) is 0. The number of rotatable bonds is 15. The number of hydrogen-bond acceptors (Lipinski definition) is 5. The number of hydrogen-bond donors (Lipinski definition) is 0. The zero-order valence-electron chi connectivity index (χ0n) is 19.4. The monoisotopic (exact) mass is 426 g/mol. The Morgan fingerprint density at radius 1 is 0.839 bits per heavy atom. The van der Waals surface area contributed by atoms with Gasteiger partial charge in [0.2, 0.25) is 0 Å². The number of aromatic nitrogens is 2. The van der Waals surface area contributed by atoms with E-state index in [4.69, 9.17) is 9.47 Å². The standard InChI is InChI=1S/C26H38N2O3/c1-4-6-7-8-9-10-11-12-13-18-30-23-16-14-22(15-17-23)25-27-19-24(20-28-25)31-26(29)21(3)5-2/h14-17,19-21H,4-13,18H2,1-3H3. The maximum Gasteiger partial charge on any atom is 0.314 e. The van der Waals surface area contributed by atoms with E-state index < -0.39 is 0 Å². The maximum absolute atomic E-state index is 11.9. The Hall–Kier alpha value is -2.43. The molecular formula is C26H38N2O3. The Morgan fingerprint density at radius 3 is 2.00 bits per heavy atom. The van der Waals surface area contributed by atoms with Crippen molar-refractivity contribution in [2.45, 2.75) is 85.0 Å². The van der Waals surface area contributed by atoms with Gasteiger partial charge in [-0.2, -0.15) is 0 Å². The van der Waals surface area contributed by atoms with Gasteiger partial charge in [0.05, 0.1) is 24.9 Å². The van der Waals surface area contributed by atoms with Crippen molar-refractivity contribution in [3.63, 3.8) is 0 Å². The second-order valence-corrected chi connectivity index (χ2v) is 8.17. The molecule has 0 radical (unpaired) electrons. The fourth-order valence-electron chi connectivity index (χ4n) is 3.20. The van der Waals surface area contributed by atoms with Crippen molar-refractivity contribution >= 4 is 5.97 Å². The molecule has 5 heteroatoms. The molecule has 0 fully saturated rings. The molecule has 0 aliphatic rings. The van der Waals surface area contributed by atoms with Crippen LogP contribution in [0.5, 0.6) is 11.5 Å². The van der Waals surface area contributed by atoms with Crippen LogP contribution in [0.25, 0.3) is 11.4 Å². The van der Waals surface area contributed by atoms with Crippen LogP contribution < -0.4 is 9.47 Å². The zero-order valence-corrected chi connectivity index (χ0v) is 19.4. The Labute approximate surface area is 187 Å². The van der Waals surface area contributed by atoms with Crippen molar-refractivity contribution in [2.75, 3.05) is 6.61 Å². The quantitative estimate of drug-likeness (QED) is 0.226. The first-order chi connectivity index (χ1) is 15.1. The van der Waals surface area contributed by atoms with Crippen molar-refractivity contribution in [1.29, 1.82) is 0 Å². The fraction of sp³-hybridized carbons (Fsp3) is 0.577. The molecule has 0 aliphatic carbocycles. The summed E-state index contributed by atoms with van der Waals surface area (Å²) in [6, 6.07) is 7.80. The molecule has 1 unspecified atom stereocenters. The summed E-state index contributed by atoms with van der Waals surface area (Å²) < 4.78 is 11.1. The summed E-state index contributed by atoms with van der Waals surface area (Å²) >= 11 is 0. The van der Waals surface area contributed by atoms with E-state index >= 15 is 0 Å². The molecule has 2 rings (SSSR count). The van der Waals surface area contributed by atoms with Gasteiger partial charge in [-0.05, 0) is 37.1 Å². The van der Waals surface area contributed by atoms with Crippen LogP contribution in [0.2, 0.25) is 0 Å². The van der Waals surface area contributed by atoms with Crippen LogP contribution in [0.1, 0.15) is 85.0 Å². The number of nitrogens with zero attached hydrogens (tertiary/aromatic N) is 2. The number of esters is 1. The second kappa shape index (κ2) is 14.6. The van der Waals surface area contributed by atoms with E-state index in [2.05, 4.69) is 16.9 Å².